The van der Waals surface area contributed by atoms with Gasteiger partial charge in [-0.25, -0.2) is 8.42 Å². The van der Waals surface area contributed by atoms with Gasteiger partial charge >= 0.3 is 0 Å². The highest BCUT2D eigenvalue weighted by molar-refractivity contribution is 7.90. The topological polar surface area (TPSA) is 66.4 Å². The molecule has 0 aliphatic rings. The second kappa shape index (κ2) is 6.68. The fraction of sp³-hybridized carbons (Fsp3) is 0.385. The zero-order valence-electron chi connectivity index (χ0n) is 10.5. The summed E-state index contributed by atoms with van der Waals surface area (Å²) >= 11 is 0. The summed E-state index contributed by atoms with van der Waals surface area (Å²) in [5.74, 6) is 0. The Bertz CT molecular complexity index is 479. The number of benzene rings is 1. The molecule has 18 heavy (non-hydrogen) atoms. The number of aliphatic hydroxyl groups is 1. The molecule has 0 spiro atoms. The van der Waals surface area contributed by atoms with Gasteiger partial charge in [-0.05, 0) is 30.7 Å². The molecular formula is C13H19NO3S. The van der Waals surface area contributed by atoms with E-state index in [1.54, 1.807) is 18.2 Å². The van der Waals surface area contributed by atoms with Gasteiger partial charge in [-0.15, -0.1) is 6.58 Å². The molecule has 0 bridgehead atoms. The minimum absolute atomic E-state index is 0.262. The number of nitrogens with one attached hydrogen (secondary N) is 1. The summed E-state index contributed by atoms with van der Waals surface area (Å²) < 4.78 is 22.5. The van der Waals surface area contributed by atoms with Gasteiger partial charge in [0.05, 0.1) is 11.0 Å². The lowest BCUT2D eigenvalue weighted by Crippen LogP contribution is -2.22. The van der Waals surface area contributed by atoms with E-state index in [1.807, 2.05) is 0 Å². The second-order valence-corrected chi connectivity index (χ2v) is 6.15. The van der Waals surface area contributed by atoms with Crippen LogP contribution in [0.4, 0.5) is 0 Å². The Hall–Kier alpha value is -1.17. The maximum absolute atomic E-state index is 11.3. The first-order chi connectivity index (χ1) is 8.45. The van der Waals surface area contributed by atoms with Crippen LogP contribution in [0.5, 0.6) is 0 Å². The molecule has 1 atom stereocenters. The number of sulfone groups is 1. The van der Waals surface area contributed by atoms with Crippen molar-refractivity contribution in [1.29, 1.82) is 0 Å². The molecular weight excluding hydrogens is 250 g/mol. The van der Waals surface area contributed by atoms with Gasteiger partial charge in [0.2, 0.25) is 0 Å². The zero-order valence-corrected chi connectivity index (χ0v) is 11.3. The van der Waals surface area contributed by atoms with Crippen molar-refractivity contribution in [1.82, 2.24) is 5.32 Å². The molecule has 0 amide bonds. The van der Waals surface area contributed by atoms with E-state index in [-0.39, 0.29) is 4.90 Å². The van der Waals surface area contributed by atoms with E-state index in [0.29, 0.717) is 12.1 Å². The Morgan fingerprint density at radius 2 is 2.00 bits per heavy atom. The third-order valence-corrected chi connectivity index (χ3v) is 3.68. The fourth-order valence-electron chi connectivity index (χ4n) is 1.50. The van der Waals surface area contributed by atoms with Crippen LogP contribution in [0.2, 0.25) is 0 Å². The summed E-state index contributed by atoms with van der Waals surface area (Å²) in [6.07, 6.45) is 3.18. The Labute approximate surface area is 108 Å². The third-order valence-electron chi connectivity index (χ3n) is 2.56. The van der Waals surface area contributed by atoms with Crippen LogP contribution in [-0.2, 0) is 9.84 Å². The third kappa shape index (κ3) is 4.60. The molecule has 100 valence electrons. The van der Waals surface area contributed by atoms with Crippen molar-refractivity contribution in [3.63, 3.8) is 0 Å². The maximum Gasteiger partial charge on any atom is 0.175 e. The molecule has 0 fully saturated rings. The molecule has 0 aliphatic heterocycles. The lowest BCUT2D eigenvalue weighted by molar-refractivity contribution is 0.175. The summed E-state index contributed by atoms with van der Waals surface area (Å²) in [5.41, 5.74) is 0.702. The van der Waals surface area contributed by atoms with Gasteiger partial charge in [-0.3, -0.25) is 0 Å². The monoisotopic (exact) mass is 269 g/mol. The molecule has 4 nitrogen and oxygen atoms in total. The number of aliphatic hydroxyl groups excluding tert-OH is 1. The number of rotatable bonds is 7. The SMILES string of the molecule is C=CCCNCC(O)c1ccc(S(C)(=O)=O)cc1. The summed E-state index contributed by atoms with van der Waals surface area (Å²) in [6.45, 7) is 4.81. The first kappa shape index (κ1) is 14.9. The molecule has 0 aliphatic carbocycles. The van der Waals surface area contributed by atoms with Gasteiger partial charge in [-0.1, -0.05) is 18.2 Å². The number of hydrogen-bond acceptors (Lipinski definition) is 4. The Balaban J connectivity index is 2.59. The smallest absolute Gasteiger partial charge is 0.175 e. The van der Waals surface area contributed by atoms with E-state index in [1.165, 1.54) is 12.1 Å². The molecule has 0 radical (unpaired) electrons. The van der Waals surface area contributed by atoms with Gasteiger partial charge in [0.25, 0.3) is 0 Å². The van der Waals surface area contributed by atoms with Crippen LogP contribution in [0.1, 0.15) is 18.1 Å². The van der Waals surface area contributed by atoms with Gasteiger partial charge in [-0.2, -0.15) is 0 Å². The second-order valence-electron chi connectivity index (χ2n) is 4.14. The highest BCUT2D eigenvalue weighted by Gasteiger charge is 2.10. The van der Waals surface area contributed by atoms with Gasteiger partial charge in [0.15, 0.2) is 9.84 Å². The van der Waals surface area contributed by atoms with Crippen molar-refractivity contribution in [3.05, 3.63) is 42.5 Å². The molecule has 1 aromatic carbocycles. The fourth-order valence-corrected chi connectivity index (χ4v) is 2.13. The van der Waals surface area contributed by atoms with Crippen LogP contribution in [0.25, 0.3) is 0 Å². The predicted molar refractivity (Wildman–Crippen MR) is 72.2 cm³/mol. The molecule has 1 rings (SSSR count). The lowest BCUT2D eigenvalue weighted by Gasteiger charge is -2.12. The van der Waals surface area contributed by atoms with Crippen molar-refractivity contribution < 1.29 is 13.5 Å². The highest BCUT2D eigenvalue weighted by atomic mass is 32.2. The summed E-state index contributed by atoms with van der Waals surface area (Å²) in [6, 6.07) is 6.29. The molecule has 0 heterocycles. The van der Waals surface area contributed by atoms with Gasteiger partial charge in [0.1, 0.15) is 0 Å². The van der Waals surface area contributed by atoms with E-state index >= 15 is 0 Å². The van der Waals surface area contributed by atoms with Crippen LogP contribution >= 0.6 is 0 Å². The van der Waals surface area contributed by atoms with E-state index < -0.39 is 15.9 Å². The van der Waals surface area contributed by atoms with Crippen LogP contribution in [-0.4, -0.2) is 32.9 Å². The molecule has 2 N–H and O–H groups in total. The maximum atomic E-state index is 11.3. The van der Waals surface area contributed by atoms with E-state index in [9.17, 15) is 13.5 Å². The molecule has 0 saturated carbocycles. The van der Waals surface area contributed by atoms with Crippen molar-refractivity contribution in [2.75, 3.05) is 19.3 Å². The highest BCUT2D eigenvalue weighted by Crippen LogP contribution is 2.15. The standard InChI is InChI=1S/C13H19NO3S/c1-3-4-9-14-10-13(15)11-5-7-12(8-6-11)18(2,16)17/h3,5-8,13-15H,1,4,9-10H2,2H3. The molecule has 5 heteroatoms. The average Bonchev–Trinajstić information content (AvgIpc) is 2.33. The molecule has 0 saturated heterocycles. The minimum atomic E-state index is -3.18. The first-order valence-electron chi connectivity index (χ1n) is 5.75. The van der Waals surface area contributed by atoms with Crippen LogP contribution in [0.3, 0.4) is 0 Å². The average molecular weight is 269 g/mol. The van der Waals surface area contributed by atoms with Crippen molar-refractivity contribution in [2.45, 2.75) is 17.4 Å². The zero-order chi connectivity index (χ0) is 13.6. The van der Waals surface area contributed by atoms with Crippen LogP contribution < -0.4 is 5.32 Å². The largest absolute Gasteiger partial charge is 0.387 e. The Morgan fingerprint density at radius 3 is 2.50 bits per heavy atom. The quantitative estimate of drug-likeness (QED) is 0.578. The van der Waals surface area contributed by atoms with Crippen molar-refractivity contribution in [3.8, 4) is 0 Å². The van der Waals surface area contributed by atoms with Crippen LogP contribution in [0, 0.1) is 0 Å². The number of hydrogen-bond donors (Lipinski definition) is 2. The Kier molecular flexibility index (Phi) is 5.53. The minimum Gasteiger partial charge on any atom is -0.387 e. The van der Waals surface area contributed by atoms with Crippen molar-refractivity contribution >= 4 is 9.84 Å². The lowest BCUT2D eigenvalue weighted by atomic mass is 10.1. The van der Waals surface area contributed by atoms with Crippen molar-refractivity contribution in [2.24, 2.45) is 0 Å². The van der Waals surface area contributed by atoms with Gasteiger partial charge in [0, 0.05) is 12.8 Å². The summed E-state index contributed by atoms with van der Waals surface area (Å²) in [7, 11) is -3.18. The Morgan fingerprint density at radius 1 is 1.39 bits per heavy atom. The molecule has 0 aromatic heterocycles. The summed E-state index contributed by atoms with van der Waals surface area (Å²) in [4.78, 5) is 0.262. The van der Waals surface area contributed by atoms with Crippen LogP contribution in [0.15, 0.2) is 41.8 Å². The van der Waals surface area contributed by atoms with E-state index in [0.717, 1.165) is 19.2 Å². The van der Waals surface area contributed by atoms with Gasteiger partial charge < -0.3 is 10.4 Å². The first-order valence-corrected chi connectivity index (χ1v) is 7.64. The van der Waals surface area contributed by atoms with E-state index in [4.69, 9.17) is 0 Å². The van der Waals surface area contributed by atoms with E-state index in [2.05, 4.69) is 11.9 Å². The predicted octanol–water partition coefficient (Wildman–Crippen LogP) is 1.29. The normalized spacial score (nSPS) is 13.2. The summed E-state index contributed by atoms with van der Waals surface area (Å²) in [5, 5.41) is 13.0. The molecule has 1 unspecified atom stereocenters. The molecule has 1 aromatic rings.